The van der Waals surface area contributed by atoms with Crippen LogP contribution in [0.3, 0.4) is 0 Å². The molecule has 0 amide bonds. The van der Waals surface area contributed by atoms with Gasteiger partial charge in [-0.05, 0) is 49.4 Å². The van der Waals surface area contributed by atoms with Gasteiger partial charge in [-0.25, -0.2) is 0 Å². The third kappa shape index (κ3) is 3.21. The summed E-state index contributed by atoms with van der Waals surface area (Å²) in [4.78, 5) is 0. The molecule has 1 heteroatoms. The van der Waals surface area contributed by atoms with E-state index in [2.05, 4.69) is 27.7 Å². The number of aliphatic hydroxyl groups excluding tert-OH is 1. The van der Waals surface area contributed by atoms with Crippen molar-refractivity contribution in [1.82, 2.24) is 0 Å². The third-order valence-electron chi connectivity index (χ3n) is 4.61. The molecule has 0 saturated heterocycles. The zero-order chi connectivity index (χ0) is 11.4. The van der Waals surface area contributed by atoms with Crippen LogP contribution in [0.2, 0.25) is 0 Å². The first-order valence-electron chi connectivity index (χ1n) is 6.78. The zero-order valence-electron chi connectivity index (χ0n) is 10.9. The number of aliphatic hydroxyl groups is 1. The van der Waals surface area contributed by atoms with Gasteiger partial charge in [-0.1, -0.05) is 34.1 Å². The van der Waals surface area contributed by atoms with E-state index in [4.69, 9.17) is 0 Å². The van der Waals surface area contributed by atoms with E-state index in [1.807, 2.05) is 0 Å². The van der Waals surface area contributed by atoms with Crippen molar-refractivity contribution >= 4 is 0 Å². The molecule has 1 fully saturated rings. The quantitative estimate of drug-likeness (QED) is 0.750. The summed E-state index contributed by atoms with van der Waals surface area (Å²) in [5, 5.41) is 9.88. The van der Waals surface area contributed by atoms with Crippen LogP contribution >= 0.6 is 0 Å². The van der Waals surface area contributed by atoms with Gasteiger partial charge in [0.25, 0.3) is 0 Å². The van der Waals surface area contributed by atoms with E-state index in [0.29, 0.717) is 5.92 Å². The minimum absolute atomic E-state index is 0.0506. The van der Waals surface area contributed by atoms with E-state index >= 15 is 0 Å². The predicted molar refractivity (Wildman–Crippen MR) is 65.7 cm³/mol. The van der Waals surface area contributed by atoms with Crippen LogP contribution in [0.5, 0.6) is 0 Å². The Morgan fingerprint density at radius 2 is 1.87 bits per heavy atom. The van der Waals surface area contributed by atoms with E-state index in [0.717, 1.165) is 24.2 Å². The average Bonchev–Trinajstić information content (AvgIpc) is 2.26. The second-order valence-electron chi connectivity index (χ2n) is 5.58. The Morgan fingerprint density at radius 3 is 2.33 bits per heavy atom. The molecule has 15 heavy (non-hydrogen) atoms. The lowest BCUT2D eigenvalue weighted by Crippen LogP contribution is -2.32. The molecule has 0 radical (unpaired) electrons. The van der Waals surface area contributed by atoms with Gasteiger partial charge < -0.3 is 5.11 Å². The summed E-state index contributed by atoms with van der Waals surface area (Å²) >= 11 is 0. The summed E-state index contributed by atoms with van der Waals surface area (Å²) in [7, 11) is 0. The van der Waals surface area contributed by atoms with Gasteiger partial charge in [0.1, 0.15) is 0 Å². The van der Waals surface area contributed by atoms with E-state index < -0.39 is 0 Å². The van der Waals surface area contributed by atoms with Crippen molar-refractivity contribution in [1.29, 1.82) is 0 Å². The van der Waals surface area contributed by atoms with Gasteiger partial charge in [-0.3, -0.25) is 0 Å². The smallest absolute Gasteiger partial charge is 0.0565 e. The summed E-state index contributed by atoms with van der Waals surface area (Å²) < 4.78 is 0. The van der Waals surface area contributed by atoms with Crippen molar-refractivity contribution in [3.8, 4) is 0 Å². The van der Waals surface area contributed by atoms with Crippen LogP contribution in [0.1, 0.15) is 59.8 Å². The van der Waals surface area contributed by atoms with Crippen LogP contribution in [0.4, 0.5) is 0 Å². The van der Waals surface area contributed by atoms with Crippen LogP contribution < -0.4 is 0 Å². The molecule has 90 valence electrons. The highest BCUT2D eigenvalue weighted by Gasteiger charge is 2.32. The highest BCUT2D eigenvalue weighted by Crippen LogP contribution is 2.40. The molecule has 1 aliphatic carbocycles. The molecule has 1 saturated carbocycles. The van der Waals surface area contributed by atoms with E-state index in [1.165, 1.54) is 25.7 Å². The minimum Gasteiger partial charge on any atom is -0.393 e. The van der Waals surface area contributed by atoms with Crippen molar-refractivity contribution in [2.24, 2.45) is 23.7 Å². The van der Waals surface area contributed by atoms with Gasteiger partial charge in [-0.15, -0.1) is 0 Å². The Kier molecular flexibility index (Phi) is 5.11. The molecule has 1 aliphatic rings. The minimum atomic E-state index is -0.0506. The van der Waals surface area contributed by atoms with Crippen molar-refractivity contribution in [2.45, 2.75) is 65.9 Å². The molecule has 0 aromatic rings. The molecule has 1 N–H and O–H groups in total. The van der Waals surface area contributed by atoms with Gasteiger partial charge in [0.05, 0.1) is 6.10 Å². The summed E-state index contributed by atoms with van der Waals surface area (Å²) in [5.74, 6) is 3.14. The first-order chi connectivity index (χ1) is 7.10. The first-order valence-corrected chi connectivity index (χ1v) is 6.78. The van der Waals surface area contributed by atoms with Gasteiger partial charge in [-0.2, -0.15) is 0 Å². The molecule has 1 nitrogen and oxygen atoms in total. The van der Waals surface area contributed by atoms with E-state index in [9.17, 15) is 5.11 Å². The standard InChI is InChI=1S/C14H28O/c1-5-10(3)13-8-7-12(9-11(13)4)14(15)6-2/h10-15H,5-9H2,1-4H3/t10-,11+,12?,13?,14?/m0/s1. The predicted octanol–water partition coefficient (Wildman–Crippen LogP) is 3.86. The number of hydrogen-bond donors (Lipinski definition) is 1. The molecule has 0 aliphatic heterocycles. The second-order valence-corrected chi connectivity index (χ2v) is 5.58. The largest absolute Gasteiger partial charge is 0.393 e. The fraction of sp³-hybridized carbons (Fsp3) is 1.00. The van der Waals surface area contributed by atoms with Crippen molar-refractivity contribution < 1.29 is 5.11 Å². The van der Waals surface area contributed by atoms with Crippen LogP contribution in [-0.4, -0.2) is 11.2 Å². The monoisotopic (exact) mass is 212 g/mol. The van der Waals surface area contributed by atoms with Gasteiger partial charge in [0, 0.05) is 0 Å². The summed E-state index contributed by atoms with van der Waals surface area (Å²) in [5.41, 5.74) is 0. The molecule has 0 aromatic heterocycles. The fourth-order valence-electron chi connectivity index (χ4n) is 3.29. The SMILES string of the molecule is CCC(O)C1CCC([C@@H](C)CC)[C@H](C)C1. The van der Waals surface area contributed by atoms with Crippen LogP contribution in [0, 0.1) is 23.7 Å². The molecule has 0 spiro atoms. The molecule has 5 atom stereocenters. The van der Waals surface area contributed by atoms with Gasteiger partial charge >= 0.3 is 0 Å². The fourth-order valence-corrected chi connectivity index (χ4v) is 3.29. The highest BCUT2D eigenvalue weighted by molar-refractivity contribution is 4.83. The maximum absolute atomic E-state index is 9.88. The van der Waals surface area contributed by atoms with Gasteiger partial charge in [0.2, 0.25) is 0 Å². The lowest BCUT2D eigenvalue weighted by Gasteiger charge is -2.39. The van der Waals surface area contributed by atoms with Crippen molar-refractivity contribution in [3.05, 3.63) is 0 Å². The summed E-state index contributed by atoms with van der Waals surface area (Å²) in [6, 6.07) is 0. The molecule has 0 aromatic carbocycles. The molecular weight excluding hydrogens is 184 g/mol. The Balaban J connectivity index is 2.47. The van der Waals surface area contributed by atoms with Gasteiger partial charge in [0.15, 0.2) is 0 Å². The Bertz CT molecular complexity index is 178. The Labute approximate surface area is 95.3 Å². The number of hydrogen-bond acceptors (Lipinski definition) is 1. The summed E-state index contributed by atoms with van der Waals surface area (Å²) in [6.45, 7) is 9.16. The maximum Gasteiger partial charge on any atom is 0.0565 e. The van der Waals surface area contributed by atoms with E-state index in [1.54, 1.807) is 0 Å². The van der Waals surface area contributed by atoms with Crippen LogP contribution in [-0.2, 0) is 0 Å². The molecule has 0 heterocycles. The van der Waals surface area contributed by atoms with Crippen LogP contribution in [0.25, 0.3) is 0 Å². The normalized spacial score (nSPS) is 36.2. The molecule has 0 bridgehead atoms. The zero-order valence-corrected chi connectivity index (χ0v) is 10.9. The first kappa shape index (κ1) is 13.0. The second kappa shape index (κ2) is 5.89. The van der Waals surface area contributed by atoms with Crippen molar-refractivity contribution in [3.63, 3.8) is 0 Å². The summed E-state index contributed by atoms with van der Waals surface area (Å²) in [6.07, 6.45) is 5.99. The number of rotatable bonds is 4. The van der Waals surface area contributed by atoms with E-state index in [-0.39, 0.29) is 6.10 Å². The van der Waals surface area contributed by atoms with Crippen molar-refractivity contribution in [2.75, 3.05) is 0 Å². The van der Waals surface area contributed by atoms with Crippen LogP contribution in [0.15, 0.2) is 0 Å². The highest BCUT2D eigenvalue weighted by atomic mass is 16.3. The maximum atomic E-state index is 9.88. The lowest BCUT2D eigenvalue weighted by atomic mass is 9.68. The third-order valence-corrected chi connectivity index (χ3v) is 4.61. The molecular formula is C14H28O. The lowest BCUT2D eigenvalue weighted by molar-refractivity contribution is 0.0384. The molecule has 3 unspecified atom stereocenters. The average molecular weight is 212 g/mol. The topological polar surface area (TPSA) is 20.2 Å². The molecule has 1 rings (SSSR count). The Morgan fingerprint density at radius 1 is 1.20 bits per heavy atom. The Hall–Kier alpha value is -0.0400.